The van der Waals surface area contributed by atoms with Crippen molar-refractivity contribution < 1.29 is 27.6 Å². The number of aromatic nitrogens is 1. The number of nitro groups is 1. The number of rotatable bonds is 4. The molecule has 0 saturated carbocycles. The minimum absolute atomic E-state index is 0.126. The summed E-state index contributed by atoms with van der Waals surface area (Å²) in [6.07, 6.45) is 0.712. The van der Waals surface area contributed by atoms with Gasteiger partial charge >= 0.3 is 5.69 Å². The zero-order valence-electron chi connectivity index (χ0n) is 11.2. The quantitative estimate of drug-likeness (QED) is 0.285. The van der Waals surface area contributed by atoms with Gasteiger partial charge in [0.25, 0.3) is 11.9 Å². The fraction of sp³-hybridized carbons (Fsp3) is 0. The summed E-state index contributed by atoms with van der Waals surface area (Å²) >= 11 is 5.63. The molecule has 1 heterocycles. The lowest BCUT2D eigenvalue weighted by Gasteiger charge is -2.05. The monoisotopic (exact) mass is 364 g/mol. The predicted molar refractivity (Wildman–Crippen MR) is 75.1 cm³/mol. The molecule has 0 radical (unpaired) electrons. The molecule has 2 N–H and O–H groups in total. The number of nitrogens with one attached hydrogen (secondary N) is 1. The van der Waals surface area contributed by atoms with Gasteiger partial charge in [-0.3, -0.25) is 15.5 Å². The summed E-state index contributed by atoms with van der Waals surface area (Å²) in [4.78, 5) is 12.2. The lowest BCUT2D eigenvalue weighted by Crippen LogP contribution is -2.06. The molecule has 2 rings (SSSR count). The highest BCUT2D eigenvalue weighted by Crippen LogP contribution is 2.32. The van der Waals surface area contributed by atoms with Gasteiger partial charge in [0, 0.05) is 16.7 Å². The molecule has 12 heteroatoms. The van der Waals surface area contributed by atoms with Gasteiger partial charge in [0.15, 0.2) is 0 Å². The van der Waals surface area contributed by atoms with Crippen molar-refractivity contribution in [2.75, 3.05) is 5.43 Å². The lowest BCUT2D eigenvalue weighted by molar-refractivity contribution is -0.385. The normalized spacial score (nSPS) is 11.0. The van der Waals surface area contributed by atoms with Gasteiger partial charge in [0.2, 0.25) is 17.4 Å². The molecule has 0 aliphatic carbocycles. The smallest absolute Gasteiger partial charge is 0.312 e. The summed E-state index contributed by atoms with van der Waals surface area (Å²) in [6.45, 7) is 0. The van der Waals surface area contributed by atoms with Crippen molar-refractivity contribution in [3.05, 3.63) is 56.4 Å². The third-order valence-corrected chi connectivity index (χ3v) is 2.88. The largest absolute Gasteiger partial charge is 0.502 e. The Morgan fingerprint density at radius 3 is 2.38 bits per heavy atom. The number of phenols is 1. The Hall–Kier alpha value is -2.95. The molecule has 1 aromatic heterocycles. The molecular weight excluding hydrogens is 360 g/mol. The lowest BCUT2D eigenvalue weighted by atomic mass is 10.2. The molecule has 0 unspecified atom stereocenters. The predicted octanol–water partition coefficient (Wildman–Crippen LogP) is 3.35. The molecule has 0 amide bonds. The number of hydrogen-bond acceptors (Lipinski definition) is 6. The van der Waals surface area contributed by atoms with E-state index >= 15 is 0 Å². The standard InChI is InChI=1S/C12H5ClF4N4O3/c13-5-1-4(10(22)6(2-5)21(23)24)3-18-20-9-7(14)11(16)19-12(17)8(9)15/h1-3,22H,(H,19,20)/b18-3+. The zero-order chi connectivity index (χ0) is 18.0. The number of anilines is 1. The number of nitro benzene ring substituents is 1. The second kappa shape index (κ2) is 6.66. The van der Waals surface area contributed by atoms with Gasteiger partial charge in [-0.15, -0.1) is 0 Å². The Labute approximate surface area is 135 Å². The zero-order valence-corrected chi connectivity index (χ0v) is 12.0. The molecule has 0 aliphatic rings. The van der Waals surface area contributed by atoms with E-state index in [4.69, 9.17) is 11.6 Å². The van der Waals surface area contributed by atoms with Crippen molar-refractivity contribution in [3.8, 4) is 5.75 Å². The van der Waals surface area contributed by atoms with Gasteiger partial charge in [-0.25, -0.2) is 0 Å². The topological polar surface area (TPSA) is 101 Å². The number of pyridine rings is 1. The van der Waals surface area contributed by atoms with Gasteiger partial charge in [0.1, 0.15) is 5.69 Å². The SMILES string of the molecule is O=[N+]([O-])c1cc(Cl)cc(/C=N/Nc2c(F)c(F)nc(F)c2F)c1O. The van der Waals surface area contributed by atoms with Crippen LogP contribution in [0, 0.1) is 33.6 Å². The number of phenolic OH excluding ortho intramolecular Hbond substituents is 1. The van der Waals surface area contributed by atoms with Crippen LogP contribution in [0.3, 0.4) is 0 Å². The highest BCUT2D eigenvalue weighted by molar-refractivity contribution is 6.31. The molecule has 1 aromatic carbocycles. The maximum absolute atomic E-state index is 13.3. The number of nitrogens with zero attached hydrogens (tertiary/aromatic N) is 3. The maximum atomic E-state index is 13.3. The second-order valence-corrected chi connectivity index (χ2v) is 4.62. The van der Waals surface area contributed by atoms with Crippen molar-refractivity contribution in [1.29, 1.82) is 0 Å². The second-order valence-electron chi connectivity index (χ2n) is 4.19. The number of benzene rings is 1. The molecule has 2 aromatic rings. The first-order valence-corrected chi connectivity index (χ1v) is 6.26. The summed E-state index contributed by atoms with van der Waals surface area (Å²) in [6, 6.07) is 1.93. The number of hydrogen-bond donors (Lipinski definition) is 2. The fourth-order valence-electron chi connectivity index (χ4n) is 1.59. The van der Waals surface area contributed by atoms with E-state index in [-0.39, 0.29) is 10.6 Å². The van der Waals surface area contributed by atoms with Gasteiger partial charge in [-0.1, -0.05) is 11.6 Å². The summed E-state index contributed by atoms with van der Waals surface area (Å²) in [5.74, 6) is -8.26. The van der Waals surface area contributed by atoms with Gasteiger partial charge in [-0.05, 0) is 6.07 Å². The van der Waals surface area contributed by atoms with Crippen LogP contribution in [0.25, 0.3) is 0 Å². The van der Waals surface area contributed by atoms with Gasteiger partial charge in [-0.2, -0.15) is 27.6 Å². The average Bonchev–Trinajstić information content (AvgIpc) is 2.51. The summed E-state index contributed by atoms with van der Waals surface area (Å²) in [5.41, 5.74) is -0.603. The summed E-state index contributed by atoms with van der Waals surface area (Å²) in [7, 11) is 0. The highest BCUT2D eigenvalue weighted by atomic mass is 35.5. The molecule has 0 spiro atoms. The van der Waals surface area contributed by atoms with E-state index in [0.29, 0.717) is 6.21 Å². The minimum atomic E-state index is -1.90. The van der Waals surface area contributed by atoms with Gasteiger partial charge < -0.3 is 5.11 Å². The first-order chi connectivity index (χ1) is 11.2. The Bertz CT molecular complexity index is 837. The Morgan fingerprint density at radius 2 is 1.83 bits per heavy atom. The summed E-state index contributed by atoms with van der Waals surface area (Å²) < 4.78 is 52.5. The van der Waals surface area contributed by atoms with Crippen molar-refractivity contribution in [1.82, 2.24) is 4.98 Å². The van der Waals surface area contributed by atoms with Crippen LogP contribution in [0.1, 0.15) is 5.56 Å². The molecule has 0 atom stereocenters. The number of hydrazone groups is 1. The Balaban J connectivity index is 2.36. The summed E-state index contributed by atoms with van der Waals surface area (Å²) in [5, 5.41) is 23.5. The average molecular weight is 365 g/mol. The third kappa shape index (κ3) is 3.35. The van der Waals surface area contributed by atoms with Crippen LogP contribution in [0.15, 0.2) is 17.2 Å². The van der Waals surface area contributed by atoms with E-state index in [1.54, 1.807) is 5.43 Å². The van der Waals surface area contributed by atoms with Crippen LogP contribution in [0.5, 0.6) is 5.75 Å². The van der Waals surface area contributed by atoms with E-state index in [1.807, 2.05) is 0 Å². The van der Waals surface area contributed by atoms with E-state index in [2.05, 4.69) is 10.1 Å². The first kappa shape index (κ1) is 17.4. The highest BCUT2D eigenvalue weighted by Gasteiger charge is 2.21. The van der Waals surface area contributed by atoms with E-state index in [0.717, 1.165) is 12.1 Å². The van der Waals surface area contributed by atoms with E-state index in [9.17, 15) is 32.8 Å². The van der Waals surface area contributed by atoms with Crippen LogP contribution in [-0.2, 0) is 0 Å². The van der Waals surface area contributed by atoms with Crippen molar-refractivity contribution in [3.63, 3.8) is 0 Å². The van der Waals surface area contributed by atoms with Crippen LogP contribution < -0.4 is 5.43 Å². The third-order valence-electron chi connectivity index (χ3n) is 2.66. The molecule has 0 saturated heterocycles. The molecular formula is C12H5ClF4N4O3. The molecule has 0 bridgehead atoms. The van der Waals surface area contributed by atoms with Crippen molar-refractivity contribution >= 4 is 29.2 Å². The van der Waals surface area contributed by atoms with Crippen LogP contribution in [0.4, 0.5) is 28.9 Å². The van der Waals surface area contributed by atoms with E-state index < -0.39 is 45.6 Å². The van der Waals surface area contributed by atoms with Gasteiger partial charge in [0.05, 0.1) is 11.1 Å². The Morgan fingerprint density at radius 1 is 1.25 bits per heavy atom. The molecule has 126 valence electrons. The molecule has 0 aliphatic heterocycles. The number of aromatic hydroxyl groups is 1. The van der Waals surface area contributed by atoms with Crippen molar-refractivity contribution in [2.45, 2.75) is 0 Å². The van der Waals surface area contributed by atoms with E-state index in [1.165, 1.54) is 0 Å². The van der Waals surface area contributed by atoms with Crippen LogP contribution >= 0.6 is 11.6 Å². The molecule has 24 heavy (non-hydrogen) atoms. The van der Waals surface area contributed by atoms with Crippen molar-refractivity contribution in [2.24, 2.45) is 5.10 Å². The minimum Gasteiger partial charge on any atom is -0.502 e. The first-order valence-electron chi connectivity index (χ1n) is 5.88. The van der Waals surface area contributed by atoms with Crippen LogP contribution in [0.2, 0.25) is 5.02 Å². The fourth-order valence-corrected chi connectivity index (χ4v) is 1.82. The Kier molecular flexibility index (Phi) is 4.83. The number of halogens is 5. The molecule has 7 nitrogen and oxygen atoms in total. The maximum Gasteiger partial charge on any atom is 0.312 e. The molecule has 0 fully saturated rings. The van der Waals surface area contributed by atoms with Crippen LogP contribution in [-0.4, -0.2) is 21.2 Å².